The van der Waals surface area contributed by atoms with Crippen LogP contribution in [0.2, 0.25) is 0 Å². The van der Waals surface area contributed by atoms with Crippen LogP contribution in [0.5, 0.6) is 0 Å². The number of hydrogen-bond donors (Lipinski definition) is 0. The molecule has 2 aliphatic carbocycles. The van der Waals surface area contributed by atoms with E-state index in [-0.39, 0.29) is 0 Å². The van der Waals surface area contributed by atoms with Gasteiger partial charge in [0.2, 0.25) is 0 Å². The molecule has 0 saturated heterocycles. The largest absolute Gasteiger partial charge is 0.255 e. The molecule has 3 atom stereocenters. The van der Waals surface area contributed by atoms with E-state index in [4.69, 9.17) is 4.98 Å². The summed E-state index contributed by atoms with van der Waals surface area (Å²) >= 11 is 0. The van der Waals surface area contributed by atoms with Crippen LogP contribution in [0.1, 0.15) is 24.3 Å². The second-order valence-electron chi connectivity index (χ2n) is 6.99. The third-order valence-corrected chi connectivity index (χ3v) is 5.41. The van der Waals surface area contributed by atoms with Gasteiger partial charge in [-0.3, -0.25) is 9.97 Å². The zero-order chi connectivity index (χ0) is 16.6. The van der Waals surface area contributed by atoms with Crippen molar-refractivity contribution < 1.29 is 0 Å². The lowest BCUT2D eigenvalue weighted by Gasteiger charge is -2.20. The Morgan fingerprint density at radius 3 is 1.88 bits per heavy atom. The maximum absolute atomic E-state index is 4.86. The number of aromatic nitrogens is 3. The van der Waals surface area contributed by atoms with Crippen molar-refractivity contribution in [2.75, 3.05) is 0 Å². The molecule has 3 heterocycles. The molecule has 25 heavy (non-hydrogen) atoms. The van der Waals surface area contributed by atoms with Gasteiger partial charge in [-0.05, 0) is 72.6 Å². The molecule has 3 nitrogen and oxygen atoms in total. The first-order valence-electron chi connectivity index (χ1n) is 8.90. The minimum absolute atomic E-state index is 0.586. The summed E-state index contributed by atoms with van der Waals surface area (Å²) in [4.78, 5) is 13.9. The van der Waals surface area contributed by atoms with Crippen LogP contribution in [0.3, 0.4) is 0 Å². The number of pyridine rings is 3. The molecular formula is C22H19N3. The summed E-state index contributed by atoms with van der Waals surface area (Å²) < 4.78 is 0. The van der Waals surface area contributed by atoms with E-state index in [1.165, 1.54) is 18.4 Å². The van der Waals surface area contributed by atoms with E-state index < -0.39 is 0 Å². The molecule has 3 aromatic heterocycles. The van der Waals surface area contributed by atoms with Crippen LogP contribution < -0.4 is 0 Å². The fourth-order valence-corrected chi connectivity index (χ4v) is 4.22. The van der Waals surface area contributed by atoms with E-state index in [1.54, 1.807) is 0 Å². The highest BCUT2D eigenvalue weighted by Crippen LogP contribution is 2.49. The van der Waals surface area contributed by atoms with Gasteiger partial charge in [0.05, 0.1) is 22.8 Å². The van der Waals surface area contributed by atoms with Crippen LogP contribution >= 0.6 is 0 Å². The molecule has 0 radical (unpaired) electrons. The van der Waals surface area contributed by atoms with Gasteiger partial charge in [-0.25, -0.2) is 4.98 Å². The average molecular weight is 325 g/mol. The Morgan fingerprint density at radius 1 is 0.720 bits per heavy atom. The molecule has 0 N–H and O–H groups in total. The second-order valence-corrected chi connectivity index (χ2v) is 6.99. The predicted octanol–water partition coefficient (Wildman–Crippen LogP) is 4.89. The van der Waals surface area contributed by atoms with Crippen LogP contribution in [0.25, 0.3) is 22.8 Å². The van der Waals surface area contributed by atoms with E-state index in [0.717, 1.165) is 28.7 Å². The molecule has 1 saturated carbocycles. The lowest BCUT2D eigenvalue weighted by atomic mass is 9.86. The standard InChI is InChI=1S/C22H19N3/c1-3-9-23-19(5-1)21-13-17(18-12-15-7-8-16(18)11-15)14-22(25-21)20-6-2-4-10-24-20/h1-10,13-16,18H,11-12H2/t15-,16+,18+/m0/s1. The Kier molecular flexibility index (Phi) is 3.44. The van der Waals surface area contributed by atoms with E-state index >= 15 is 0 Å². The normalized spacial score (nSPS) is 23.9. The summed E-state index contributed by atoms with van der Waals surface area (Å²) in [6, 6.07) is 16.4. The van der Waals surface area contributed by atoms with Crippen LogP contribution in [-0.4, -0.2) is 15.0 Å². The Hall–Kier alpha value is -2.81. The summed E-state index contributed by atoms with van der Waals surface area (Å²) in [5.74, 6) is 2.00. The van der Waals surface area contributed by atoms with Gasteiger partial charge in [-0.2, -0.15) is 0 Å². The molecule has 3 heteroatoms. The van der Waals surface area contributed by atoms with Gasteiger partial charge >= 0.3 is 0 Å². The van der Waals surface area contributed by atoms with Gasteiger partial charge in [0.15, 0.2) is 0 Å². The van der Waals surface area contributed by atoms with Crippen molar-refractivity contribution >= 4 is 0 Å². The topological polar surface area (TPSA) is 38.7 Å². The highest BCUT2D eigenvalue weighted by molar-refractivity contribution is 5.63. The third kappa shape index (κ3) is 2.66. The van der Waals surface area contributed by atoms with E-state index in [1.807, 2.05) is 48.8 Å². The van der Waals surface area contributed by atoms with Crippen LogP contribution in [0.4, 0.5) is 0 Å². The van der Waals surface area contributed by atoms with Crippen molar-refractivity contribution in [2.45, 2.75) is 18.8 Å². The molecule has 1 fully saturated rings. The van der Waals surface area contributed by atoms with Gasteiger partial charge < -0.3 is 0 Å². The summed E-state index contributed by atoms with van der Waals surface area (Å²) in [7, 11) is 0. The Balaban J connectivity index is 1.64. The summed E-state index contributed by atoms with van der Waals surface area (Å²) in [6.45, 7) is 0. The van der Waals surface area contributed by atoms with Gasteiger partial charge in [-0.1, -0.05) is 24.3 Å². The Bertz CT molecular complexity index is 861. The molecule has 3 aromatic rings. The monoisotopic (exact) mass is 325 g/mol. The quantitative estimate of drug-likeness (QED) is 0.644. The molecule has 0 unspecified atom stereocenters. The maximum Gasteiger partial charge on any atom is 0.0897 e. The first-order chi connectivity index (χ1) is 12.4. The van der Waals surface area contributed by atoms with Crippen molar-refractivity contribution in [3.63, 3.8) is 0 Å². The number of allylic oxidation sites excluding steroid dienone is 2. The molecule has 0 spiro atoms. The zero-order valence-corrected chi connectivity index (χ0v) is 13.9. The highest BCUT2D eigenvalue weighted by Gasteiger charge is 2.36. The summed E-state index contributed by atoms with van der Waals surface area (Å²) in [5.41, 5.74) is 5.07. The summed E-state index contributed by atoms with van der Waals surface area (Å²) in [6.07, 6.45) is 11.0. The number of rotatable bonds is 3. The average Bonchev–Trinajstić information content (AvgIpc) is 3.33. The maximum atomic E-state index is 4.86. The number of hydrogen-bond acceptors (Lipinski definition) is 3. The smallest absolute Gasteiger partial charge is 0.0897 e. The summed E-state index contributed by atoms with van der Waals surface area (Å²) in [5, 5.41) is 0. The molecule has 5 rings (SSSR count). The fraction of sp³-hybridized carbons (Fsp3) is 0.227. The SMILES string of the molecule is C1=C[C@@H]2C[C@H]1C[C@H]2c1cc(-c2ccccn2)nc(-c2ccccn2)c1. The second kappa shape index (κ2) is 5.92. The first kappa shape index (κ1) is 14.5. The zero-order valence-electron chi connectivity index (χ0n) is 13.9. The third-order valence-electron chi connectivity index (χ3n) is 5.41. The van der Waals surface area contributed by atoms with Gasteiger partial charge in [0, 0.05) is 12.4 Å². The minimum Gasteiger partial charge on any atom is -0.255 e. The fourth-order valence-electron chi connectivity index (χ4n) is 4.22. The van der Waals surface area contributed by atoms with Crippen molar-refractivity contribution in [3.05, 3.63) is 78.6 Å². The van der Waals surface area contributed by atoms with Gasteiger partial charge in [-0.15, -0.1) is 0 Å². The van der Waals surface area contributed by atoms with Crippen LogP contribution in [0, 0.1) is 11.8 Å². The van der Waals surface area contributed by atoms with Crippen molar-refractivity contribution in [1.29, 1.82) is 0 Å². The molecule has 122 valence electrons. The molecular weight excluding hydrogens is 306 g/mol. The molecule has 0 amide bonds. The van der Waals surface area contributed by atoms with Crippen LogP contribution in [0.15, 0.2) is 73.1 Å². The predicted molar refractivity (Wildman–Crippen MR) is 98.8 cm³/mol. The van der Waals surface area contributed by atoms with Crippen LogP contribution in [-0.2, 0) is 0 Å². The van der Waals surface area contributed by atoms with Crippen molar-refractivity contribution in [3.8, 4) is 22.8 Å². The number of nitrogens with zero attached hydrogens (tertiary/aromatic N) is 3. The van der Waals surface area contributed by atoms with E-state index in [2.05, 4.69) is 34.3 Å². The van der Waals surface area contributed by atoms with Gasteiger partial charge in [0.25, 0.3) is 0 Å². The molecule has 2 aliphatic rings. The Labute approximate surface area is 147 Å². The molecule has 0 aromatic carbocycles. The van der Waals surface area contributed by atoms with Gasteiger partial charge in [0.1, 0.15) is 0 Å². The highest BCUT2D eigenvalue weighted by atomic mass is 14.8. The van der Waals surface area contributed by atoms with Crippen molar-refractivity contribution in [2.24, 2.45) is 11.8 Å². The first-order valence-corrected chi connectivity index (χ1v) is 8.90. The molecule has 2 bridgehead atoms. The minimum atomic E-state index is 0.586. The van der Waals surface area contributed by atoms with Crippen molar-refractivity contribution in [1.82, 2.24) is 15.0 Å². The number of fused-ring (bicyclic) bond motifs is 2. The Morgan fingerprint density at radius 2 is 1.40 bits per heavy atom. The lowest BCUT2D eigenvalue weighted by molar-refractivity contribution is 0.585. The van der Waals surface area contributed by atoms with E-state index in [0.29, 0.717) is 11.8 Å². The van der Waals surface area contributed by atoms with E-state index in [9.17, 15) is 0 Å². The molecule has 0 aliphatic heterocycles. The lowest BCUT2D eigenvalue weighted by Crippen LogP contribution is -2.06.